The summed E-state index contributed by atoms with van der Waals surface area (Å²) in [6, 6.07) is 4.31. The third-order valence-corrected chi connectivity index (χ3v) is 5.62. The van der Waals surface area contributed by atoms with Gasteiger partial charge in [0.2, 0.25) is 0 Å². The van der Waals surface area contributed by atoms with Crippen molar-refractivity contribution in [2.75, 3.05) is 7.05 Å². The van der Waals surface area contributed by atoms with E-state index < -0.39 is 35.2 Å². The van der Waals surface area contributed by atoms with Crippen LogP contribution in [0.25, 0.3) is 5.57 Å². The van der Waals surface area contributed by atoms with E-state index in [1.165, 1.54) is 30.1 Å². The van der Waals surface area contributed by atoms with Gasteiger partial charge < -0.3 is 9.64 Å². The van der Waals surface area contributed by atoms with Gasteiger partial charge in [-0.05, 0) is 24.6 Å². The molecule has 0 N–H and O–H groups in total. The van der Waals surface area contributed by atoms with Crippen LogP contribution in [0.1, 0.15) is 34.0 Å². The standard InChI is InChI=1S/C19H13ClF3N3O4/c1-25-13-5-9(15-8(18(25)27)3-2-4-14(15)30-19(22)23)16(17(13)26(28)29)12-6-10(20)11(21)7-24-12/h2-4,6-7,9,13,19H,5H2,1H3/t9-,13-/m1/s1. The molecule has 1 aliphatic heterocycles. The molecule has 2 heterocycles. The fourth-order valence-corrected chi connectivity index (χ4v) is 4.28. The number of carbonyl (C=O) groups is 1. The Morgan fingerprint density at radius 3 is 2.77 bits per heavy atom. The highest BCUT2D eigenvalue weighted by Gasteiger charge is 2.50. The number of hydrogen-bond acceptors (Lipinski definition) is 5. The molecule has 2 atom stereocenters. The number of carbonyl (C=O) groups excluding carboxylic acids is 1. The van der Waals surface area contributed by atoms with Crippen LogP contribution >= 0.6 is 11.6 Å². The summed E-state index contributed by atoms with van der Waals surface area (Å²) in [7, 11) is 1.40. The van der Waals surface area contributed by atoms with Gasteiger partial charge in [0.25, 0.3) is 11.6 Å². The first kappa shape index (κ1) is 20.1. The molecule has 2 bridgehead atoms. The van der Waals surface area contributed by atoms with E-state index in [9.17, 15) is 28.1 Å². The molecule has 1 aliphatic carbocycles. The normalized spacial score (nSPS) is 20.5. The van der Waals surface area contributed by atoms with Crippen LogP contribution in [0.3, 0.4) is 0 Å². The molecule has 1 aromatic heterocycles. The number of hydrogen-bond donors (Lipinski definition) is 0. The van der Waals surface area contributed by atoms with Gasteiger partial charge in [-0.25, -0.2) is 4.39 Å². The molecule has 30 heavy (non-hydrogen) atoms. The number of ether oxygens (including phenoxy) is 1. The summed E-state index contributed by atoms with van der Waals surface area (Å²) < 4.78 is 44.3. The average molecular weight is 440 g/mol. The van der Waals surface area contributed by atoms with Gasteiger partial charge in [-0.1, -0.05) is 17.7 Å². The smallest absolute Gasteiger partial charge is 0.387 e. The summed E-state index contributed by atoms with van der Waals surface area (Å²) in [4.78, 5) is 29.4. The Hall–Kier alpha value is -3.14. The second kappa shape index (κ2) is 7.28. The van der Waals surface area contributed by atoms with E-state index in [1.54, 1.807) is 0 Å². The number of halogens is 4. The molecule has 4 rings (SSSR count). The lowest BCUT2D eigenvalue weighted by Gasteiger charge is -2.24. The van der Waals surface area contributed by atoms with Crippen molar-refractivity contribution < 1.29 is 27.6 Å². The number of alkyl halides is 2. The van der Waals surface area contributed by atoms with Crippen molar-refractivity contribution in [3.8, 4) is 5.75 Å². The third-order valence-electron chi connectivity index (χ3n) is 5.33. The topological polar surface area (TPSA) is 85.6 Å². The van der Waals surface area contributed by atoms with Crippen LogP contribution in [0.4, 0.5) is 13.2 Å². The van der Waals surface area contributed by atoms with E-state index in [0.29, 0.717) is 0 Å². The SMILES string of the molecule is CN1C(=O)c2cccc(OC(F)F)c2[C@H]2C[C@@H]1C([N+](=O)[O-])=C2c1cc(Cl)c(F)cn1. The van der Waals surface area contributed by atoms with E-state index in [-0.39, 0.29) is 45.3 Å². The van der Waals surface area contributed by atoms with Crippen LogP contribution in [0.15, 0.2) is 36.2 Å². The Morgan fingerprint density at radius 1 is 1.40 bits per heavy atom. The minimum atomic E-state index is -3.16. The van der Waals surface area contributed by atoms with Crippen molar-refractivity contribution in [2.24, 2.45) is 0 Å². The quantitative estimate of drug-likeness (QED) is 0.528. The number of benzene rings is 1. The Balaban J connectivity index is 2.03. The monoisotopic (exact) mass is 439 g/mol. The Morgan fingerprint density at radius 2 is 2.13 bits per heavy atom. The molecule has 0 spiro atoms. The first-order chi connectivity index (χ1) is 14.2. The van der Waals surface area contributed by atoms with Gasteiger partial charge in [-0.3, -0.25) is 19.9 Å². The van der Waals surface area contributed by atoms with Crippen molar-refractivity contribution >= 4 is 23.1 Å². The van der Waals surface area contributed by atoms with Crippen molar-refractivity contribution in [3.05, 3.63) is 73.9 Å². The minimum absolute atomic E-state index is 0.0288. The van der Waals surface area contributed by atoms with Crippen molar-refractivity contribution in [1.82, 2.24) is 9.88 Å². The van der Waals surface area contributed by atoms with Crippen molar-refractivity contribution in [1.29, 1.82) is 0 Å². The first-order valence-corrected chi connectivity index (χ1v) is 9.13. The number of rotatable bonds is 4. The molecule has 2 aliphatic rings. The van der Waals surface area contributed by atoms with Crippen LogP contribution in [-0.2, 0) is 0 Å². The molecular formula is C19H13ClF3N3O4. The molecule has 11 heteroatoms. The number of pyridine rings is 1. The maximum atomic E-state index is 13.6. The fourth-order valence-electron chi connectivity index (χ4n) is 4.13. The van der Waals surface area contributed by atoms with Gasteiger partial charge in [0.05, 0.1) is 27.4 Å². The van der Waals surface area contributed by atoms with Crippen LogP contribution in [-0.4, -0.2) is 40.4 Å². The molecule has 0 saturated heterocycles. The van der Waals surface area contributed by atoms with Gasteiger partial charge in [0.1, 0.15) is 11.8 Å². The molecule has 1 aromatic carbocycles. The van der Waals surface area contributed by atoms with Gasteiger partial charge >= 0.3 is 6.61 Å². The Bertz CT molecular complexity index is 1110. The number of amides is 1. The molecule has 0 unspecified atom stereocenters. The molecular weight excluding hydrogens is 427 g/mol. The van der Waals surface area contributed by atoms with Crippen LogP contribution in [0.2, 0.25) is 5.02 Å². The molecule has 0 radical (unpaired) electrons. The maximum absolute atomic E-state index is 13.6. The van der Waals surface area contributed by atoms with E-state index >= 15 is 0 Å². The second-order valence-electron chi connectivity index (χ2n) is 6.86. The van der Waals surface area contributed by atoms with E-state index in [1.807, 2.05) is 0 Å². The van der Waals surface area contributed by atoms with Crippen molar-refractivity contribution in [2.45, 2.75) is 25.0 Å². The van der Waals surface area contributed by atoms with E-state index in [0.717, 1.165) is 12.3 Å². The zero-order valence-corrected chi connectivity index (χ0v) is 16.1. The average Bonchev–Trinajstić information content (AvgIpc) is 3.04. The number of allylic oxidation sites excluding steroid dienone is 1. The molecule has 0 saturated carbocycles. The van der Waals surface area contributed by atoms with Crippen LogP contribution in [0.5, 0.6) is 5.75 Å². The number of likely N-dealkylation sites (N-methyl/N-ethyl adjacent to an activating group) is 1. The number of aromatic nitrogens is 1. The maximum Gasteiger partial charge on any atom is 0.387 e. The summed E-state index contributed by atoms with van der Waals surface area (Å²) in [6.45, 7) is -3.16. The van der Waals surface area contributed by atoms with Crippen LogP contribution < -0.4 is 4.74 Å². The molecule has 2 aromatic rings. The summed E-state index contributed by atoms with van der Waals surface area (Å²) in [5, 5.41) is 11.6. The first-order valence-electron chi connectivity index (χ1n) is 8.75. The predicted octanol–water partition coefficient (Wildman–Crippen LogP) is 4.11. The van der Waals surface area contributed by atoms with Gasteiger partial charge in [-0.15, -0.1) is 0 Å². The highest BCUT2D eigenvalue weighted by atomic mass is 35.5. The molecule has 0 fully saturated rings. The zero-order chi connectivity index (χ0) is 21.7. The highest BCUT2D eigenvalue weighted by molar-refractivity contribution is 6.30. The lowest BCUT2D eigenvalue weighted by molar-refractivity contribution is -0.430. The summed E-state index contributed by atoms with van der Waals surface area (Å²) >= 11 is 5.85. The lowest BCUT2D eigenvalue weighted by atomic mass is 9.86. The predicted molar refractivity (Wildman–Crippen MR) is 99.4 cm³/mol. The summed E-state index contributed by atoms with van der Waals surface area (Å²) in [5.74, 6) is -2.48. The highest BCUT2D eigenvalue weighted by Crippen LogP contribution is 2.52. The molecule has 1 amide bonds. The Labute approximate surface area is 172 Å². The largest absolute Gasteiger partial charge is 0.434 e. The minimum Gasteiger partial charge on any atom is -0.434 e. The third kappa shape index (κ3) is 3.07. The summed E-state index contributed by atoms with van der Waals surface area (Å²) in [6.07, 6.45) is 0.886. The van der Waals surface area contributed by atoms with Crippen LogP contribution in [0, 0.1) is 15.9 Å². The zero-order valence-electron chi connectivity index (χ0n) is 15.3. The van der Waals surface area contributed by atoms with Gasteiger partial charge in [0.15, 0.2) is 5.82 Å². The van der Waals surface area contributed by atoms with Crippen molar-refractivity contribution in [3.63, 3.8) is 0 Å². The van der Waals surface area contributed by atoms with E-state index in [4.69, 9.17) is 11.6 Å². The Kier molecular flexibility index (Phi) is 4.89. The lowest BCUT2D eigenvalue weighted by Crippen LogP contribution is -2.38. The second-order valence-corrected chi connectivity index (χ2v) is 7.26. The number of fused-ring (bicyclic) bond motifs is 4. The van der Waals surface area contributed by atoms with E-state index in [2.05, 4.69) is 9.72 Å². The fraction of sp³-hybridized carbons (Fsp3) is 0.263. The van der Waals surface area contributed by atoms with Gasteiger partial charge in [-0.2, -0.15) is 8.78 Å². The molecule has 156 valence electrons. The van der Waals surface area contributed by atoms with Gasteiger partial charge in [0, 0.05) is 24.1 Å². The summed E-state index contributed by atoms with van der Waals surface area (Å²) in [5.41, 5.74) is -0.00926. The number of nitrogens with zero attached hydrogens (tertiary/aromatic N) is 3. The molecule has 7 nitrogen and oxygen atoms in total. The number of nitro groups is 1.